The number of benzene rings is 3. The molecule has 3 aromatic carbocycles. The van der Waals surface area contributed by atoms with Crippen LogP contribution < -0.4 is 4.52 Å². The molecule has 0 aliphatic carbocycles. The Morgan fingerprint density at radius 3 is 0.846 bits per heavy atom. The van der Waals surface area contributed by atoms with Gasteiger partial charge in [-0.05, 0) is 128 Å². The van der Waals surface area contributed by atoms with Gasteiger partial charge in [0.15, 0.2) is 16.9 Å². The first-order chi connectivity index (χ1) is 62.8. The number of hydrogen-bond acceptors (Lipinski definition) is 12. The second-order valence-electron chi connectivity index (χ2n) is 44.8. The van der Waals surface area contributed by atoms with Crippen molar-refractivity contribution in [3.8, 4) is 17.2 Å². The molecule has 3 unspecified atom stereocenters. The van der Waals surface area contributed by atoms with Gasteiger partial charge in [0.1, 0.15) is 17.1 Å². The van der Waals surface area contributed by atoms with Crippen molar-refractivity contribution in [1.82, 2.24) is 0 Å². The van der Waals surface area contributed by atoms with E-state index in [1.54, 1.807) is 0 Å². The third kappa shape index (κ3) is 29.1. The Morgan fingerprint density at radius 2 is 0.554 bits per heavy atom. The lowest BCUT2D eigenvalue weighted by molar-refractivity contribution is -0.438. The molecule has 7 aliphatic rings. The molecule has 15 heteroatoms. The Kier molecular flexibility index (Phi) is 48.5. The minimum absolute atomic E-state index is 0.136. The summed E-state index contributed by atoms with van der Waals surface area (Å²) < 4.78 is 67.9. The molecular formula is C115H199O12P3. The highest BCUT2D eigenvalue weighted by atomic mass is 31.2. The van der Waals surface area contributed by atoms with Crippen molar-refractivity contribution in [2.45, 2.75) is 618 Å². The van der Waals surface area contributed by atoms with Crippen molar-refractivity contribution < 1.29 is 55.4 Å². The quantitative estimate of drug-likeness (QED) is 0.0285. The van der Waals surface area contributed by atoms with Crippen LogP contribution in [0.3, 0.4) is 0 Å². The number of unbranched alkanes of at least 4 members (excludes halogenated alkanes) is 60. The van der Waals surface area contributed by atoms with Crippen molar-refractivity contribution >= 4 is 36.6 Å². The molecule has 0 spiro atoms. The van der Waals surface area contributed by atoms with E-state index in [2.05, 4.69) is 135 Å². The van der Waals surface area contributed by atoms with Crippen LogP contribution in [0, 0.1) is 19.3 Å². The SMILES string of the molecule is CCCCCCCCCCCCCC1(CCCCCCCCCCCCC)Op2oc3c(O)c(C45OP(O4)O5)c(o2)c(c3C(C)(C)C23OP(O2)O3)C(CCCCCCCCCCCCC)(c2cc(C)c(O)cc2C(C)(C)C)C(CCCCCCCCCCCCC)(CCCCCCCCCCCCC)C1(CCCCCCCCCCCCC)c1cc(C)c(O)cc1C(C)(C)C. The van der Waals surface area contributed by atoms with E-state index in [0.29, 0.717) is 29.1 Å². The molecule has 0 amide bonds. The molecule has 0 radical (unpaired) electrons. The first-order valence-corrected chi connectivity index (χ1v) is 59.4. The summed E-state index contributed by atoms with van der Waals surface area (Å²) in [6.45, 7) is 37.4. The second-order valence-corrected chi connectivity index (χ2v) is 47.8. The molecule has 12 rings (SSSR count). The van der Waals surface area contributed by atoms with E-state index in [9.17, 15) is 19.8 Å². The average Bonchev–Trinajstić information content (AvgIpc) is 1.07. The Morgan fingerprint density at radius 1 is 0.285 bits per heavy atom. The van der Waals surface area contributed by atoms with Crippen LogP contribution in [0.4, 0.5) is 0 Å². The zero-order chi connectivity index (χ0) is 93.4. The first-order valence-electron chi connectivity index (χ1n) is 56.1. The summed E-state index contributed by atoms with van der Waals surface area (Å²) in [6.07, 6.45) is 85.1. The minimum atomic E-state index is -2.53. The molecule has 3 atom stereocenters. The molecule has 9 heterocycles. The highest BCUT2D eigenvalue weighted by molar-refractivity contribution is 7.45. The van der Waals surface area contributed by atoms with Crippen molar-refractivity contribution in [1.29, 1.82) is 0 Å². The van der Waals surface area contributed by atoms with Crippen molar-refractivity contribution in [3.05, 3.63) is 74.3 Å². The lowest BCUT2D eigenvalue weighted by Crippen LogP contribution is -2.71. The van der Waals surface area contributed by atoms with Gasteiger partial charge < -0.3 is 23.7 Å². The summed E-state index contributed by atoms with van der Waals surface area (Å²) >= 11 is 0. The highest BCUT2D eigenvalue weighted by Gasteiger charge is 2.79. The van der Waals surface area contributed by atoms with Crippen LogP contribution in [0.5, 0.6) is 17.2 Å². The van der Waals surface area contributed by atoms with E-state index in [4.69, 9.17) is 35.5 Å². The van der Waals surface area contributed by atoms with Gasteiger partial charge in [-0.15, -0.1) is 0 Å². The van der Waals surface area contributed by atoms with Crippen LogP contribution in [0.25, 0.3) is 11.2 Å². The lowest BCUT2D eigenvalue weighted by atomic mass is 9.35. The highest BCUT2D eigenvalue weighted by Crippen LogP contribution is 2.83. The fourth-order valence-corrected chi connectivity index (χ4v) is 27.9. The summed E-state index contributed by atoms with van der Waals surface area (Å²) in [5.74, 6) is -2.83. The van der Waals surface area contributed by atoms with E-state index < -0.39 is 75.5 Å². The molecule has 2 aromatic heterocycles. The number of phenols is 3. The lowest BCUT2D eigenvalue weighted by Gasteiger charge is -2.69. The third-order valence-corrected chi connectivity index (χ3v) is 35.5. The topological polar surface area (TPSA) is 152 Å². The van der Waals surface area contributed by atoms with E-state index in [1.165, 1.54) is 325 Å². The normalized spacial score (nSPS) is 21.1. The average molecular weight is 1870 g/mol. The van der Waals surface area contributed by atoms with Crippen LogP contribution in [-0.2, 0) is 60.2 Å². The van der Waals surface area contributed by atoms with Gasteiger partial charge in [0.2, 0.25) is 0 Å². The number of aryl methyl sites for hydroxylation is 2. The molecular weight excluding hydrogens is 1670 g/mol. The van der Waals surface area contributed by atoms with Crippen LogP contribution in [0.15, 0.2) is 32.7 Å². The number of rotatable bonds is 77. The predicted octanol–water partition coefficient (Wildman–Crippen LogP) is 40.2. The van der Waals surface area contributed by atoms with Crippen LogP contribution in [0.1, 0.15) is 609 Å². The van der Waals surface area contributed by atoms with Crippen LogP contribution in [0.2, 0.25) is 0 Å². The van der Waals surface area contributed by atoms with E-state index >= 15 is 0 Å². The van der Waals surface area contributed by atoms with Crippen molar-refractivity contribution in [2.75, 3.05) is 0 Å². The van der Waals surface area contributed by atoms with Gasteiger partial charge in [0, 0.05) is 22.0 Å². The van der Waals surface area contributed by atoms with Gasteiger partial charge in [-0.1, -0.05) is 519 Å². The summed E-state index contributed by atoms with van der Waals surface area (Å²) in [6, 6.07) is 9.58. The van der Waals surface area contributed by atoms with Crippen molar-refractivity contribution in [3.63, 3.8) is 0 Å². The number of phenolic OH excluding ortho intramolecular Hbond substituents is 3. The fourth-order valence-electron chi connectivity index (χ4n) is 24.3. The van der Waals surface area contributed by atoms with Gasteiger partial charge in [-0.25, -0.2) is 13.6 Å². The summed E-state index contributed by atoms with van der Waals surface area (Å²) in [4.78, 5) is 0. The Bertz CT molecular complexity index is 3730. The predicted molar refractivity (Wildman–Crippen MR) is 553 cm³/mol. The largest absolute Gasteiger partial charge is 0.508 e. The van der Waals surface area contributed by atoms with Crippen LogP contribution in [-0.4, -0.2) is 26.9 Å². The molecule has 746 valence electrons. The van der Waals surface area contributed by atoms with Gasteiger partial charge >= 0.3 is 37.4 Å². The Hall–Kier alpha value is -2.46. The van der Waals surface area contributed by atoms with E-state index in [1.807, 2.05) is 0 Å². The maximum Gasteiger partial charge on any atom is 0.388 e. The Balaban J connectivity index is 1.50. The standard InChI is InChI=1S/C115H199O12P3/c1-17-23-29-35-41-47-53-59-65-71-77-83-110(84-78-72-66-60-54-48-42-36-30-24-18-2)112(87-81-75-69-63-57-51-45-39-33-27-21-5,97-89-93(7)99(116)91-95(97)107(9,10)11)102-101(109(15,16)115-125-130(126-115)127-115)106-104(118)103(114-122-129(123-114)124-114)105(102)119-128(120-106)121-111(85-79-73-67-61-55-49-43-37-31-25-19-3,86-80-74-68-62-56-50-44-38-32-26-20-4)113(110,88-82-76-70-64-58-52-46-40-34-28-22-6)98-90-94(8)100(117)92-96(98)108(12,13)14/h89-92,116-118H,17-88H2,1-16H3. The first kappa shape index (κ1) is 111. The number of aromatic hydroxyl groups is 3. The van der Waals surface area contributed by atoms with E-state index in [-0.39, 0.29) is 11.3 Å². The van der Waals surface area contributed by atoms with Gasteiger partial charge in [-0.3, -0.25) is 18.1 Å². The van der Waals surface area contributed by atoms with E-state index in [0.717, 1.165) is 175 Å². The molecule has 5 aromatic rings. The molecule has 0 saturated carbocycles. The minimum Gasteiger partial charge on any atom is -0.508 e. The summed E-state index contributed by atoms with van der Waals surface area (Å²) in [7, 11) is -5.79. The summed E-state index contributed by atoms with van der Waals surface area (Å²) in [5.41, 5.74) is 2.98. The molecule has 6 saturated heterocycles. The number of hydrogen-bond donors (Lipinski definition) is 3. The maximum absolute atomic E-state index is 14.5. The van der Waals surface area contributed by atoms with Crippen molar-refractivity contribution in [2.24, 2.45) is 5.41 Å². The summed E-state index contributed by atoms with van der Waals surface area (Å²) in [5, 5.41) is 40.9. The second kappa shape index (κ2) is 56.7. The fraction of sp³-hybridized carbons (Fsp3) is 0.843. The molecule has 6 fully saturated rings. The van der Waals surface area contributed by atoms with Gasteiger partial charge in [0.25, 0.3) is 0 Å². The maximum atomic E-state index is 14.5. The molecule has 7 aliphatic heterocycles. The molecule has 12 nitrogen and oxygen atoms in total. The zero-order valence-electron chi connectivity index (χ0n) is 87.1. The number of fused-ring (bicyclic) bond motifs is 1. The zero-order valence-corrected chi connectivity index (χ0v) is 89.8. The Labute approximate surface area is 801 Å². The third-order valence-electron chi connectivity index (χ3n) is 32.0. The van der Waals surface area contributed by atoms with Gasteiger partial charge in [-0.2, -0.15) is 0 Å². The molecule has 130 heavy (non-hydrogen) atoms. The molecule has 3 N–H and O–H groups in total. The van der Waals surface area contributed by atoms with Gasteiger partial charge in [0.05, 0.1) is 11.0 Å². The van der Waals surface area contributed by atoms with Crippen LogP contribution >= 0.6 is 25.4 Å². The monoisotopic (exact) mass is 1870 g/mol. The smallest absolute Gasteiger partial charge is 0.388 e. The molecule has 8 bridgehead atoms.